The molecule has 3 heterocycles. The molecular weight excluding hydrogens is 374 g/mol. The van der Waals surface area contributed by atoms with Gasteiger partial charge in [-0.1, -0.05) is 6.92 Å². The molecule has 0 radical (unpaired) electrons. The van der Waals surface area contributed by atoms with Gasteiger partial charge in [-0.3, -0.25) is 14.6 Å². The van der Waals surface area contributed by atoms with Crippen molar-refractivity contribution in [1.82, 2.24) is 25.2 Å². The number of hydroxylamine groups is 2. The third-order valence-corrected chi connectivity index (χ3v) is 5.17. The van der Waals surface area contributed by atoms with E-state index in [0.29, 0.717) is 51.3 Å². The fraction of sp³-hybridized carbons (Fsp3) is 0.600. The van der Waals surface area contributed by atoms with E-state index in [-0.39, 0.29) is 23.9 Å². The Bertz CT molecular complexity index is 731. The van der Waals surface area contributed by atoms with Gasteiger partial charge in [-0.25, -0.2) is 4.79 Å². The van der Waals surface area contributed by atoms with Crippen molar-refractivity contribution < 1.29 is 19.2 Å². The van der Waals surface area contributed by atoms with Crippen LogP contribution in [0.2, 0.25) is 0 Å². The molecule has 9 heteroatoms. The monoisotopic (exact) mass is 403 g/mol. The zero-order valence-corrected chi connectivity index (χ0v) is 17.1. The molecule has 0 aromatic carbocycles. The summed E-state index contributed by atoms with van der Waals surface area (Å²) in [4.78, 5) is 49.6. The van der Waals surface area contributed by atoms with E-state index >= 15 is 0 Å². The first-order chi connectivity index (χ1) is 14.0. The van der Waals surface area contributed by atoms with Gasteiger partial charge in [0.2, 0.25) is 0 Å². The van der Waals surface area contributed by atoms with Crippen LogP contribution in [-0.4, -0.2) is 83.1 Å². The second kappa shape index (κ2) is 9.69. The van der Waals surface area contributed by atoms with Crippen molar-refractivity contribution in [3.63, 3.8) is 0 Å². The number of amides is 3. The van der Waals surface area contributed by atoms with Crippen LogP contribution in [0.3, 0.4) is 0 Å². The normalized spacial score (nSPS) is 19.9. The summed E-state index contributed by atoms with van der Waals surface area (Å²) in [5.74, 6) is -0.290. The van der Waals surface area contributed by atoms with Crippen LogP contribution in [0.15, 0.2) is 18.3 Å². The van der Waals surface area contributed by atoms with Crippen molar-refractivity contribution in [1.29, 1.82) is 0 Å². The van der Waals surface area contributed by atoms with Gasteiger partial charge in [0.15, 0.2) is 0 Å². The molecule has 0 unspecified atom stereocenters. The van der Waals surface area contributed by atoms with Crippen LogP contribution in [0.25, 0.3) is 0 Å². The van der Waals surface area contributed by atoms with Crippen molar-refractivity contribution >= 4 is 17.9 Å². The molecule has 29 heavy (non-hydrogen) atoms. The molecule has 1 atom stereocenters. The third kappa shape index (κ3) is 5.66. The number of rotatable bonds is 5. The van der Waals surface area contributed by atoms with Crippen molar-refractivity contribution in [2.24, 2.45) is 0 Å². The minimum absolute atomic E-state index is 0.0586. The number of urea groups is 1. The van der Waals surface area contributed by atoms with Crippen LogP contribution in [-0.2, 0) is 9.63 Å². The van der Waals surface area contributed by atoms with Gasteiger partial charge >= 0.3 is 12.0 Å². The van der Waals surface area contributed by atoms with Crippen molar-refractivity contribution in [3.05, 3.63) is 29.6 Å². The van der Waals surface area contributed by atoms with Crippen molar-refractivity contribution in [2.75, 3.05) is 39.3 Å². The summed E-state index contributed by atoms with van der Waals surface area (Å²) in [6.45, 7) is 6.90. The Labute approximate surface area is 170 Å². The fourth-order valence-electron chi connectivity index (χ4n) is 3.48. The summed E-state index contributed by atoms with van der Waals surface area (Å²) in [6, 6.07) is 3.40. The largest absolute Gasteiger partial charge is 0.368 e. The number of hydrogen-bond donors (Lipinski definition) is 1. The average Bonchev–Trinajstić information content (AvgIpc) is 3.17. The molecule has 1 aromatic heterocycles. The van der Waals surface area contributed by atoms with Crippen LogP contribution in [0.5, 0.6) is 0 Å². The predicted molar refractivity (Wildman–Crippen MR) is 106 cm³/mol. The second-order valence-electron chi connectivity index (χ2n) is 7.50. The summed E-state index contributed by atoms with van der Waals surface area (Å²) in [7, 11) is 0. The van der Waals surface area contributed by atoms with E-state index in [4.69, 9.17) is 4.84 Å². The smallest absolute Gasteiger partial charge is 0.325 e. The molecule has 1 N–H and O–H groups in total. The van der Waals surface area contributed by atoms with Gasteiger partial charge in [-0.2, -0.15) is 0 Å². The number of hydrogen-bond acceptors (Lipinski definition) is 6. The van der Waals surface area contributed by atoms with Crippen molar-refractivity contribution in [2.45, 2.75) is 39.2 Å². The fourth-order valence-corrected chi connectivity index (χ4v) is 3.48. The number of nitrogens with one attached hydrogen (secondary N) is 1. The van der Waals surface area contributed by atoms with Gasteiger partial charge in [-0.15, -0.1) is 5.06 Å². The lowest BCUT2D eigenvalue weighted by Gasteiger charge is -2.33. The Morgan fingerprint density at radius 3 is 2.55 bits per heavy atom. The minimum atomic E-state index is -0.232. The molecule has 0 aliphatic carbocycles. The summed E-state index contributed by atoms with van der Waals surface area (Å²) < 4.78 is 0. The molecule has 2 saturated heterocycles. The Hall–Kier alpha value is -2.68. The highest BCUT2D eigenvalue weighted by Gasteiger charge is 2.30. The second-order valence-corrected chi connectivity index (χ2v) is 7.50. The highest BCUT2D eigenvalue weighted by Crippen LogP contribution is 2.14. The van der Waals surface area contributed by atoms with Crippen LogP contribution < -0.4 is 5.32 Å². The highest BCUT2D eigenvalue weighted by atomic mass is 16.7. The van der Waals surface area contributed by atoms with Crippen molar-refractivity contribution in [3.8, 4) is 0 Å². The molecular formula is C20H29N5O4. The van der Waals surface area contributed by atoms with E-state index in [0.717, 1.165) is 18.5 Å². The Balaban J connectivity index is 1.42. The maximum absolute atomic E-state index is 12.6. The standard InChI is InChI=1S/C20H29N5O4/c1-3-4-18(26)29-25-11-9-23(10-12-25)20(28)22-17-7-8-24(14-17)19(27)16-6-5-15(2)21-13-16/h5-6,13,17H,3-4,7-12,14H2,1-2H3,(H,22,28)/t17-/m1/s1. The summed E-state index contributed by atoms with van der Waals surface area (Å²) >= 11 is 0. The van der Waals surface area contributed by atoms with Gasteiger partial charge in [0.1, 0.15) is 0 Å². The van der Waals surface area contributed by atoms with Gasteiger partial charge in [-0.05, 0) is 31.9 Å². The summed E-state index contributed by atoms with van der Waals surface area (Å²) in [5, 5.41) is 4.64. The van der Waals surface area contributed by atoms with E-state index in [1.165, 1.54) is 0 Å². The molecule has 2 fully saturated rings. The third-order valence-electron chi connectivity index (χ3n) is 5.17. The Morgan fingerprint density at radius 1 is 1.14 bits per heavy atom. The van der Waals surface area contributed by atoms with E-state index in [9.17, 15) is 14.4 Å². The molecule has 2 aliphatic heterocycles. The maximum atomic E-state index is 12.6. The lowest BCUT2D eigenvalue weighted by molar-refractivity contribution is -0.196. The van der Waals surface area contributed by atoms with E-state index in [1.807, 2.05) is 19.9 Å². The molecule has 9 nitrogen and oxygen atoms in total. The number of pyridine rings is 1. The number of piperazine rings is 1. The Kier molecular flexibility index (Phi) is 7.03. The van der Waals surface area contributed by atoms with E-state index in [2.05, 4.69) is 10.3 Å². The lowest BCUT2D eigenvalue weighted by atomic mass is 10.2. The Morgan fingerprint density at radius 2 is 1.90 bits per heavy atom. The summed E-state index contributed by atoms with van der Waals surface area (Å²) in [6.07, 6.45) is 3.47. The first-order valence-electron chi connectivity index (χ1n) is 10.2. The zero-order chi connectivity index (χ0) is 20.8. The number of aromatic nitrogens is 1. The molecule has 0 bridgehead atoms. The molecule has 0 spiro atoms. The van der Waals surface area contributed by atoms with Crippen LogP contribution >= 0.6 is 0 Å². The first-order valence-corrected chi connectivity index (χ1v) is 10.2. The van der Waals surface area contributed by atoms with Gasteiger partial charge < -0.3 is 20.0 Å². The molecule has 1 aromatic rings. The quantitative estimate of drug-likeness (QED) is 0.794. The molecule has 2 aliphatic rings. The molecule has 3 amide bonds. The van der Waals surface area contributed by atoms with Gasteiger partial charge in [0.05, 0.1) is 18.7 Å². The summed E-state index contributed by atoms with van der Waals surface area (Å²) in [5.41, 5.74) is 1.43. The number of carbonyl (C=O) groups excluding carboxylic acids is 3. The predicted octanol–water partition coefficient (Wildman–Crippen LogP) is 1.19. The SMILES string of the molecule is CCCC(=O)ON1CCN(C(=O)N[C@@H]2CCN(C(=O)c3ccc(C)nc3)C2)CC1. The van der Waals surface area contributed by atoms with Gasteiger partial charge in [0, 0.05) is 50.5 Å². The number of nitrogens with zero attached hydrogens (tertiary/aromatic N) is 4. The molecule has 0 saturated carbocycles. The number of aryl methyl sites for hydroxylation is 1. The van der Waals surface area contributed by atoms with Gasteiger partial charge in [0.25, 0.3) is 5.91 Å². The number of likely N-dealkylation sites (tertiary alicyclic amines) is 1. The average molecular weight is 403 g/mol. The number of carbonyl (C=O) groups is 3. The maximum Gasteiger partial charge on any atom is 0.325 e. The van der Waals surface area contributed by atoms with E-state index in [1.54, 1.807) is 27.1 Å². The zero-order valence-electron chi connectivity index (χ0n) is 17.1. The van der Waals surface area contributed by atoms with Crippen LogP contribution in [0.1, 0.15) is 42.2 Å². The molecule has 3 rings (SSSR count). The van der Waals surface area contributed by atoms with Crippen LogP contribution in [0.4, 0.5) is 4.79 Å². The minimum Gasteiger partial charge on any atom is -0.368 e. The topological polar surface area (TPSA) is 95.1 Å². The lowest BCUT2D eigenvalue weighted by Crippen LogP contribution is -2.54. The van der Waals surface area contributed by atoms with Crippen LogP contribution in [0, 0.1) is 6.92 Å². The van der Waals surface area contributed by atoms with E-state index < -0.39 is 0 Å². The highest BCUT2D eigenvalue weighted by molar-refractivity contribution is 5.94. The first kappa shape index (κ1) is 21.0. The molecule has 158 valence electrons.